The van der Waals surface area contributed by atoms with E-state index in [2.05, 4.69) is 15.1 Å². The summed E-state index contributed by atoms with van der Waals surface area (Å²) < 4.78 is 49.2. The zero-order valence-electron chi connectivity index (χ0n) is 18.2. The van der Waals surface area contributed by atoms with Gasteiger partial charge in [0.15, 0.2) is 11.5 Å². The van der Waals surface area contributed by atoms with Crippen molar-refractivity contribution in [3.05, 3.63) is 89.8 Å². The average molecular weight is 467 g/mol. The van der Waals surface area contributed by atoms with Crippen molar-refractivity contribution in [1.82, 2.24) is 19.6 Å². The van der Waals surface area contributed by atoms with E-state index in [1.807, 2.05) is 60.7 Å². The Balaban J connectivity index is 1.41. The van der Waals surface area contributed by atoms with Crippen molar-refractivity contribution in [3.63, 3.8) is 0 Å². The summed E-state index contributed by atoms with van der Waals surface area (Å²) in [5.74, 6) is -0.189. The number of nitrogens with zero attached hydrogens (tertiary/aromatic N) is 4. The second kappa shape index (κ2) is 9.41. The molecule has 0 unspecified atom stereocenters. The van der Waals surface area contributed by atoms with Crippen LogP contribution in [-0.2, 0) is 33.1 Å². The summed E-state index contributed by atoms with van der Waals surface area (Å²) in [7, 11) is 0. The first kappa shape index (κ1) is 22.3. The molecule has 4 aromatic rings. The topological polar surface area (TPSA) is 96.8 Å². The lowest BCUT2D eigenvalue weighted by Crippen LogP contribution is -2.42. The largest absolute Gasteiger partial charge is 0.380 e. The molecule has 2 aromatic heterocycles. The molecule has 1 aliphatic heterocycles. The van der Waals surface area contributed by atoms with E-state index in [1.54, 1.807) is 0 Å². The molecular weight excluding hydrogens is 444 g/mol. The van der Waals surface area contributed by atoms with Crippen LogP contribution in [0.3, 0.4) is 0 Å². The fraction of sp³-hybridized carbons (Fsp3) is 0.292. The normalized spacial score (nSPS) is 22.4. The van der Waals surface area contributed by atoms with Crippen LogP contribution >= 0.6 is 0 Å². The average Bonchev–Trinajstić information content (AvgIpc) is 3.41. The van der Waals surface area contributed by atoms with E-state index < -0.39 is 24.0 Å². The van der Waals surface area contributed by atoms with E-state index in [-0.39, 0.29) is 37.0 Å². The van der Waals surface area contributed by atoms with Gasteiger partial charge in [-0.2, -0.15) is 9.37 Å². The molecule has 0 saturated carbocycles. The molecule has 1 fully saturated rings. The molecule has 1 saturated heterocycles. The van der Waals surface area contributed by atoms with E-state index in [1.165, 1.54) is 6.20 Å². The maximum atomic E-state index is 16.6. The number of anilines is 1. The maximum Gasteiger partial charge on any atom is 0.328 e. The molecule has 8 nitrogen and oxygen atoms in total. The summed E-state index contributed by atoms with van der Waals surface area (Å²) in [5.41, 5.74) is 5.45. The van der Waals surface area contributed by atoms with Gasteiger partial charge in [-0.15, -0.1) is 5.10 Å². The van der Waals surface area contributed by atoms with Crippen molar-refractivity contribution in [2.75, 3.05) is 18.9 Å². The minimum absolute atomic E-state index is 0.0286. The standard InChI is InChI=1S/C24H23F2N5O3/c25-23-29-21(27)22-28-11-19(31(22)30-23)24(26)15-34-18(14-32-12-16-7-3-1-4-8-16)20(24)33-13-17-9-5-2-6-10-17/h1-11,18,20H,12-15H2,(H2,27,29,30)/t18-,20-,24-/m1/s1. The number of fused-ring (bicyclic) bond motifs is 1. The van der Waals surface area contributed by atoms with E-state index in [9.17, 15) is 4.39 Å². The molecule has 10 heteroatoms. The molecule has 5 rings (SSSR count). The van der Waals surface area contributed by atoms with Crippen molar-refractivity contribution in [2.45, 2.75) is 31.1 Å². The van der Waals surface area contributed by atoms with E-state index in [0.717, 1.165) is 15.6 Å². The summed E-state index contributed by atoms with van der Waals surface area (Å²) in [6.07, 6.45) is -1.61. The van der Waals surface area contributed by atoms with Gasteiger partial charge in [0.05, 0.1) is 32.6 Å². The Morgan fingerprint density at radius 3 is 2.44 bits per heavy atom. The molecular formula is C24H23F2N5O3. The molecule has 2 aromatic carbocycles. The van der Waals surface area contributed by atoms with Gasteiger partial charge >= 0.3 is 6.08 Å². The van der Waals surface area contributed by atoms with Crippen LogP contribution < -0.4 is 5.73 Å². The highest BCUT2D eigenvalue weighted by atomic mass is 19.1. The monoisotopic (exact) mass is 467 g/mol. The lowest BCUT2D eigenvalue weighted by Gasteiger charge is -2.28. The highest BCUT2D eigenvalue weighted by molar-refractivity contribution is 5.59. The minimum Gasteiger partial charge on any atom is -0.380 e. The summed E-state index contributed by atoms with van der Waals surface area (Å²) in [6.45, 7) is 0.251. The number of alkyl halides is 1. The van der Waals surface area contributed by atoms with Crippen molar-refractivity contribution >= 4 is 11.5 Å². The fourth-order valence-electron chi connectivity index (χ4n) is 4.07. The Morgan fingerprint density at radius 1 is 1.06 bits per heavy atom. The Hall–Kier alpha value is -3.47. The number of benzene rings is 2. The number of rotatable bonds is 8. The first-order chi connectivity index (χ1) is 16.5. The molecule has 3 atom stereocenters. The van der Waals surface area contributed by atoms with Crippen LogP contribution in [0, 0.1) is 6.08 Å². The van der Waals surface area contributed by atoms with Crippen LogP contribution in [-0.4, -0.2) is 45.0 Å². The predicted octanol–water partition coefficient (Wildman–Crippen LogP) is 3.21. The van der Waals surface area contributed by atoms with Crippen LogP contribution in [0.2, 0.25) is 0 Å². The SMILES string of the molecule is Nc1nc(F)nn2c([C@]3(F)CO[C@H](COCc4ccccc4)[C@H]3OCc3ccccc3)cnc12. The summed E-state index contributed by atoms with van der Waals surface area (Å²) in [4.78, 5) is 7.55. The lowest BCUT2D eigenvalue weighted by molar-refractivity contribution is -0.0860. The zero-order chi connectivity index (χ0) is 23.5. The summed E-state index contributed by atoms with van der Waals surface area (Å²) in [6, 6.07) is 19.0. The van der Waals surface area contributed by atoms with Gasteiger partial charge in [0, 0.05) is 0 Å². The smallest absolute Gasteiger partial charge is 0.328 e. The number of aromatic nitrogens is 4. The Morgan fingerprint density at radius 2 is 1.74 bits per heavy atom. The van der Waals surface area contributed by atoms with Gasteiger partial charge < -0.3 is 19.9 Å². The number of nitrogens with two attached hydrogens (primary N) is 1. The molecule has 1 aliphatic rings. The van der Waals surface area contributed by atoms with Crippen molar-refractivity contribution in [3.8, 4) is 0 Å². The van der Waals surface area contributed by atoms with Gasteiger partial charge in [0.2, 0.25) is 5.67 Å². The van der Waals surface area contributed by atoms with Gasteiger partial charge in [0.1, 0.15) is 17.9 Å². The van der Waals surface area contributed by atoms with Gasteiger partial charge in [-0.05, 0) is 11.1 Å². The Bertz CT molecular complexity index is 1260. The lowest BCUT2D eigenvalue weighted by atomic mass is 9.95. The molecule has 0 bridgehead atoms. The van der Waals surface area contributed by atoms with Gasteiger partial charge in [-0.1, -0.05) is 60.7 Å². The predicted molar refractivity (Wildman–Crippen MR) is 119 cm³/mol. The number of imidazole rings is 1. The third kappa shape index (κ3) is 4.35. The molecule has 34 heavy (non-hydrogen) atoms. The second-order valence-corrected chi connectivity index (χ2v) is 8.07. The highest BCUT2D eigenvalue weighted by Gasteiger charge is 2.55. The van der Waals surface area contributed by atoms with Crippen LogP contribution in [0.15, 0.2) is 66.9 Å². The number of hydrogen-bond acceptors (Lipinski definition) is 7. The fourth-order valence-corrected chi connectivity index (χ4v) is 4.07. The maximum absolute atomic E-state index is 16.6. The zero-order valence-corrected chi connectivity index (χ0v) is 18.2. The van der Waals surface area contributed by atoms with Crippen LogP contribution in [0.5, 0.6) is 0 Å². The summed E-state index contributed by atoms with van der Waals surface area (Å²) >= 11 is 0. The molecule has 0 spiro atoms. The third-order valence-electron chi connectivity index (χ3n) is 5.75. The van der Waals surface area contributed by atoms with E-state index in [4.69, 9.17) is 19.9 Å². The first-order valence-corrected chi connectivity index (χ1v) is 10.8. The Labute approximate surface area is 194 Å². The second-order valence-electron chi connectivity index (χ2n) is 8.07. The molecule has 2 N–H and O–H groups in total. The molecule has 0 radical (unpaired) electrons. The van der Waals surface area contributed by atoms with Crippen molar-refractivity contribution in [2.24, 2.45) is 0 Å². The van der Waals surface area contributed by atoms with Crippen LogP contribution in [0.4, 0.5) is 14.6 Å². The van der Waals surface area contributed by atoms with Crippen LogP contribution in [0.1, 0.15) is 16.8 Å². The number of halogens is 2. The Kier molecular flexibility index (Phi) is 6.18. The van der Waals surface area contributed by atoms with E-state index in [0.29, 0.717) is 6.61 Å². The number of ether oxygens (including phenoxy) is 3. The third-order valence-corrected chi connectivity index (χ3v) is 5.75. The van der Waals surface area contributed by atoms with Crippen molar-refractivity contribution in [1.29, 1.82) is 0 Å². The minimum atomic E-state index is -2.18. The molecule has 0 aliphatic carbocycles. The number of hydrogen-bond donors (Lipinski definition) is 1. The molecule has 3 heterocycles. The highest BCUT2D eigenvalue weighted by Crippen LogP contribution is 2.41. The number of nitrogen functional groups attached to an aromatic ring is 1. The van der Waals surface area contributed by atoms with E-state index >= 15 is 4.39 Å². The molecule has 0 amide bonds. The van der Waals surface area contributed by atoms with Gasteiger partial charge in [-0.3, -0.25) is 0 Å². The molecule has 176 valence electrons. The van der Waals surface area contributed by atoms with Gasteiger partial charge in [-0.25, -0.2) is 13.9 Å². The van der Waals surface area contributed by atoms with Crippen molar-refractivity contribution < 1.29 is 23.0 Å². The van der Waals surface area contributed by atoms with Gasteiger partial charge in [0.25, 0.3) is 0 Å². The van der Waals surface area contributed by atoms with Crippen LogP contribution in [0.25, 0.3) is 5.65 Å². The first-order valence-electron chi connectivity index (χ1n) is 10.8. The summed E-state index contributed by atoms with van der Waals surface area (Å²) in [5, 5.41) is 3.68. The quantitative estimate of drug-likeness (QED) is 0.425.